The molecule has 1 amide bonds. The number of aromatic nitrogens is 2. The number of hydrogen-bond acceptors (Lipinski definition) is 4. The summed E-state index contributed by atoms with van der Waals surface area (Å²) in [5.74, 6) is 1.32. The molecule has 0 aliphatic rings. The van der Waals surface area contributed by atoms with Crippen molar-refractivity contribution in [2.75, 3.05) is 19.8 Å². The second-order valence-corrected chi connectivity index (χ2v) is 6.15. The number of benzene rings is 1. The zero-order valence-corrected chi connectivity index (χ0v) is 15.8. The van der Waals surface area contributed by atoms with Gasteiger partial charge in [-0.05, 0) is 43.2 Å². The maximum absolute atomic E-state index is 12.0. The second-order valence-electron chi connectivity index (χ2n) is 6.15. The number of ether oxygens (including phenoxy) is 2. The van der Waals surface area contributed by atoms with Gasteiger partial charge in [-0.2, -0.15) is 0 Å². The highest BCUT2D eigenvalue weighted by molar-refractivity contribution is 5.77. The molecule has 6 nitrogen and oxygen atoms in total. The van der Waals surface area contributed by atoms with Crippen molar-refractivity contribution in [3.63, 3.8) is 0 Å². The molecule has 0 unspecified atom stereocenters. The summed E-state index contributed by atoms with van der Waals surface area (Å²) in [6.07, 6.45) is 5.51. The summed E-state index contributed by atoms with van der Waals surface area (Å²) in [4.78, 5) is 16.6. The number of hydrogen-bond donors (Lipinski definition) is 1. The lowest BCUT2D eigenvalue weighted by Crippen LogP contribution is -2.30. The molecule has 0 bridgehead atoms. The number of fused-ring (bicyclic) bond motifs is 1. The predicted octanol–water partition coefficient (Wildman–Crippen LogP) is 3.03. The summed E-state index contributed by atoms with van der Waals surface area (Å²) < 4.78 is 13.0. The molecule has 0 saturated heterocycles. The van der Waals surface area contributed by atoms with Crippen LogP contribution in [0.2, 0.25) is 0 Å². The zero-order chi connectivity index (χ0) is 19.1. The molecule has 0 spiro atoms. The fourth-order valence-corrected chi connectivity index (χ4v) is 2.78. The molecule has 2 heterocycles. The van der Waals surface area contributed by atoms with Gasteiger partial charge in [0.2, 0.25) is 0 Å². The third-order valence-electron chi connectivity index (χ3n) is 4.20. The number of imidazole rings is 1. The molecule has 0 fully saturated rings. The highest BCUT2D eigenvalue weighted by Gasteiger charge is 2.08. The fourth-order valence-electron chi connectivity index (χ4n) is 2.78. The molecule has 1 aromatic carbocycles. The molecular formula is C21H25N3O3. The zero-order valence-electron chi connectivity index (χ0n) is 15.8. The van der Waals surface area contributed by atoms with Crippen molar-refractivity contribution in [1.82, 2.24) is 14.7 Å². The number of pyridine rings is 1. The standard InChI is InChI=1S/C21H25N3O3/c1-3-16-7-9-18(10-8-16)27-15-20(25)22-12-11-17-14-24-13-5-6-19(26-4-2)21(24)23-17/h5-10,13-14H,3-4,11-12,15H2,1-2H3,(H,22,25). The van der Waals surface area contributed by atoms with E-state index >= 15 is 0 Å². The molecule has 3 aromatic rings. The maximum atomic E-state index is 12.0. The van der Waals surface area contributed by atoms with Crippen molar-refractivity contribution in [3.8, 4) is 11.5 Å². The number of nitrogens with one attached hydrogen (secondary N) is 1. The molecule has 0 aliphatic carbocycles. The van der Waals surface area contributed by atoms with E-state index in [1.807, 2.05) is 60.1 Å². The largest absolute Gasteiger partial charge is 0.490 e. The summed E-state index contributed by atoms with van der Waals surface area (Å²) in [6, 6.07) is 11.6. The van der Waals surface area contributed by atoms with Crippen LogP contribution in [-0.4, -0.2) is 35.1 Å². The van der Waals surface area contributed by atoms with Gasteiger partial charge in [-0.3, -0.25) is 4.79 Å². The molecule has 0 aliphatic heterocycles. The van der Waals surface area contributed by atoms with Gasteiger partial charge in [0.05, 0.1) is 12.3 Å². The SMILES string of the molecule is CCOc1cccn2cc(CCNC(=O)COc3ccc(CC)cc3)nc12. The normalized spacial score (nSPS) is 10.7. The van der Waals surface area contributed by atoms with Crippen molar-refractivity contribution in [2.24, 2.45) is 0 Å². The quantitative estimate of drug-likeness (QED) is 0.631. The average Bonchev–Trinajstić information content (AvgIpc) is 3.11. The molecule has 3 rings (SSSR count). The van der Waals surface area contributed by atoms with E-state index in [1.54, 1.807) is 0 Å². The molecule has 27 heavy (non-hydrogen) atoms. The van der Waals surface area contributed by atoms with Crippen LogP contribution in [-0.2, 0) is 17.6 Å². The fraction of sp³-hybridized carbons (Fsp3) is 0.333. The Kier molecular flexibility index (Phi) is 6.30. The molecule has 0 atom stereocenters. The summed E-state index contributed by atoms with van der Waals surface area (Å²) in [6.45, 7) is 5.15. The van der Waals surface area contributed by atoms with E-state index in [-0.39, 0.29) is 12.5 Å². The van der Waals surface area contributed by atoms with Gasteiger partial charge in [-0.1, -0.05) is 19.1 Å². The van der Waals surface area contributed by atoms with Crippen LogP contribution in [0.15, 0.2) is 48.8 Å². The van der Waals surface area contributed by atoms with Gasteiger partial charge in [0.15, 0.2) is 18.0 Å². The van der Waals surface area contributed by atoms with E-state index in [2.05, 4.69) is 17.2 Å². The number of carbonyl (C=O) groups excluding carboxylic acids is 1. The van der Waals surface area contributed by atoms with E-state index in [0.29, 0.717) is 25.3 Å². The third-order valence-corrected chi connectivity index (χ3v) is 4.20. The molecule has 6 heteroatoms. The first kappa shape index (κ1) is 18.8. The van der Waals surface area contributed by atoms with E-state index in [0.717, 1.165) is 23.5 Å². The third kappa shape index (κ3) is 5.00. The number of nitrogens with zero attached hydrogens (tertiary/aromatic N) is 2. The molecule has 0 saturated carbocycles. The summed E-state index contributed by atoms with van der Waals surface area (Å²) >= 11 is 0. The molecule has 2 aromatic heterocycles. The van der Waals surface area contributed by atoms with Crippen molar-refractivity contribution in [3.05, 3.63) is 60.0 Å². The Bertz CT molecular complexity index is 887. The van der Waals surface area contributed by atoms with E-state index in [1.165, 1.54) is 5.56 Å². The monoisotopic (exact) mass is 367 g/mol. The van der Waals surface area contributed by atoms with Crippen molar-refractivity contribution in [1.29, 1.82) is 0 Å². The van der Waals surface area contributed by atoms with Gasteiger partial charge in [0, 0.05) is 25.4 Å². The Morgan fingerprint density at radius 2 is 1.96 bits per heavy atom. The maximum Gasteiger partial charge on any atom is 0.257 e. The molecule has 0 radical (unpaired) electrons. The van der Waals surface area contributed by atoms with Gasteiger partial charge in [0.25, 0.3) is 5.91 Å². The smallest absolute Gasteiger partial charge is 0.257 e. The van der Waals surface area contributed by atoms with Crippen LogP contribution in [0, 0.1) is 0 Å². The second kappa shape index (κ2) is 9.07. The van der Waals surface area contributed by atoms with Crippen LogP contribution in [0.4, 0.5) is 0 Å². The van der Waals surface area contributed by atoms with Crippen LogP contribution < -0.4 is 14.8 Å². The molecule has 1 N–H and O–H groups in total. The minimum Gasteiger partial charge on any atom is -0.490 e. The highest BCUT2D eigenvalue weighted by Crippen LogP contribution is 2.19. The summed E-state index contributed by atoms with van der Waals surface area (Å²) in [5, 5.41) is 2.86. The number of aryl methyl sites for hydroxylation is 1. The number of rotatable bonds is 9. The molecular weight excluding hydrogens is 342 g/mol. The minimum atomic E-state index is -0.145. The van der Waals surface area contributed by atoms with Crippen LogP contribution in [0.3, 0.4) is 0 Å². The average molecular weight is 367 g/mol. The Balaban J connectivity index is 1.46. The topological polar surface area (TPSA) is 64.9 Å². The van der Waals surface area contributed by atoms with Gasteiger partial charge in [-0.15, -0.1) is 0 Å². The van der Waals surface area contributed by atoms with E-state index < -0.39 is 0 Å². The first-order valence-electron chi connectivity index (χ1n) is 9.27. The van der Waals surface area contributed by atoms with Gasteiger partial charge < -0.3 is 19.2 Å². The van der Waals surface area contributed by atoms with Crippen molar-refractivity contribution >= 4 is 11.6 Å². The van der Waals surface area contributed by atoms with Crippen LogP contribution in [0.5, 0.6) is 11.5 Å². The summed E-state index contributed by atoms with van der Waals surface area (Å²) in [7, 11) is 0. The predicted molar refractivity (Wildman–Crippen MR) is 104 cm³/mol. The van der Waals surface area contributed by atoms with Crippen LogP contribution in [0.25, 0.3) is 5.65 Å². The van der Waals surface area contributed by atoms with Crippen molar-refractivity contribution < 1.29 is 14.3 Å². The first-order chi connectivity index (χ1) is 13.2. The Hall–Kier alpha value is -3.02. The lowest BCUT2D eigenvalue weighted by Gasteiger charge is -2.07. The number of carbonyl (C=O) groups is 1. The lowest BCUT2D eigenvalue weighted by atomic mass is 10.2. The lowest BCUT2D eigenvalue weighted by molar-refractivity contribution is -0.123. The van der Waals surface area contributed by atoms with Gasteiger partial charge in [-0.25, -0.2) is 4.98 Å². The number of amides is 1. The van der Waals surface area contributed by atoms with E-state index in [9.17, 15) is 4.79 Å². The molecule has 142 valence electrons. The summed E-state index contributed by atoms with van der Waals surface area (Å²) in [5.41, 5.74) is 2.94. The Morgan fingerprint density at radius 1 is 1.15 bits per heavy atom. The van der Waals surface area contributed by atoms with Gasteiger partial charge >= 0.3 is 0 Å². The highest BCUT2D eigenvalue weighted by atomic mass is 16.5. The Labute approximate surface area is 159 Å². The van der Waals surface area contributed by atoms with Gasteiger partial charge in [0.1, 0.15) is 5.75 Å². The van der Waals surface area contributed by atoms with Crippen LogP contribution in [0.1, 0.15) is 25.1 Å². The minimum absolute atomic E-state index is 0.00509. The van der Waals surface area contributed by atoms with E-state index in [4.69, 9.17) is 9.47 Å². The first-order valence-corrected chi connectivity index (χ1v) is 9.27. The van der Waals surface area contributed by atoms with Crippen molar-refractivity contribution in [2.45, 2.75) is 26.7 Å². The van der Waals surface area contributed by atoms with Crippen LogP contribution >= 0.6 is 0 Å². The Morgan fingerprint density at radius 3 is 2.70 bits per heavy atom.